The first kappa shape index (κ1) is 7.40. The Bertz CT molecular complexity index is 224. The van der Waals surface area contributed by atoms with Crippen LogP contribution in [0.1, 0.15) is 6.92 Å². The quantitative estimate of drug-likeness (QED) is 0.440. The van der Waals surface area contributed by atoms with Crippen LogP contribution in [0.3, 0.4) is 0 Å². The molecule has 0 aromatic heterocycles. The minimum atomic E-state index is -0.809. The minimum Gasteiger partial charge on any atom is -0.313 e. The molecule has 1 N–H and O–H groups in total. The van der Waals surface area contributed by atoms with E-state index in [1.54, 1.807) is 6.92 Å². The maximum Gasteiger partial charge on any atom is 0.270 e. The van der Waals surface area contributed by atoms with Crippen LogP contribution in [0.15, 0.2) is 4.99 Å². The number of carbonyl (C=O) groups excluding carboxylic acids is 2. The van der Waals surface area contributed by atoms with Gasteiger partial charge in [-0.05, 0) is 6.92 Å². The summed E-state index contributed by atoms with van der Waals surface area (Å²) >= 11 is 2.88. The SMILES string of the molecule is CC1=NC(=O)C(Br)C(=O)N1. The number of amidine groups is 1. The lowest BCUT2D eigenvalue weighted by Crippen LogP contribution is -2.43. The van der Waals surface area contributed by atoms with Crippen molar-refractivity contribution in [2.24, 2.45) is 4.99 Å². The van der Waals surface area contributed by atoms with Crippen LogP contribution in [-0.4, -0.2) is 22.5 Å². The molecule has 0 radical (unpaired) electrons. The molecule has 0 aromatic carbocycles. The van der Waals surface area contributed by atoms with Gasteiger partial charge in [-0.3, -0.25) is 9.59 Å². The van der Waals surface area contributed by atoms with E-state index in [9.17, 15) is 9.59 Å². The summed E-state index contributed by atoms with van der Waals surface area (Å²) in [4.78, 5) is 24.2. The maximum absolute atomic E-state index is 10.8. The van der Waals surface area contributed by atoms with Gasteiger partial charge in [0.25, 0.3) is 5.91 Å². The summed E-state index contributed by atoms with van der Waals surface area (Å²) in [5.41, 5.74) is 0. The summed E-state index contributed by atoms with van der Waals surface area (Å²) in [6.45, 7) is 1.56. The molecule has 0 fully saturated rings. The largest absolute Gasteiger partial charge is 0.313 e. The van der Waals surface area contributed by atoms with Crippen LogP contribution >= 0.6 is 15.9 Å². The van der Waals surface area contributed by atoms with Crippen molar-refractivity contribution in [2.45, 2.75) is 11.8 Å². The molecule has 4 nitrogen and oxygen atoms in total. The Morgan fingerprint density at radius 1 is 1.60 bits per heavy atom. The topological polar surface area (TPSA) is 58.5 Å². The maximum atomic E-state index is 10.8. The zero-order valence-corrected chi connectivity index (χ0v) is 6.81. The van der Waals surface area contributed by atoms with Gasteiger partial charge < -0.3 is 5.32 Å². The van der Waals surface area contributed by atoms with Crippen LogP contribution in [0, 0.1) is 0 Å². The second-order valence-electron chi connectivity index (χ2n) is 1.89. The molecule has 0 spiro atoms. The molecule has 10 heavy (non-hydrogen) atoms. The second kappa shape index (κ2) is 2.49. The first-order valence-corrected chi connectivity index (χ1v) is 3.57. The molecular formula is C5H5BrN2O2. The van der Waals surface area contributed by atoms with Gasteiger partial charge in [0, 0.05) is 0 Å². The molecule has 0 saturated heterocycles. The van der Waals surface area contributed by atoms with Gasteiger partial charge in [0.15, 0.2) is 4.83 Å². The fourth-order valence-corrected chi connectivity index (χ4v) is 0.821. The first-order valence-electron chi connectivity index (χ1n) is 2.65. The van der Waals surface area contributed by atoms with Crippen molar-refractivity contribution >= 4 is 33.6 Å². The highest BCUT2D eigenvalue weighted by atomic mass is 79.9. The first-order chi connectivity index (χ1) is 4.61. The number of hydrogen-bond acceptors (Lipinski definition) is 2. The molecule has 0 saturated carbocycles. The van der Waals surface area contributed by atoms with Gasteiger partial charge in [-0.25, -0.2) is 0 Å². The molecule has 0 aliphatic carbocycles. The molecule has 1 aliphatic rings. The summed E-state index contributed by atoms with van der Waals surface area (Å²) < 4.78 is 0. The molecule has 54 valence electrons. The third kappa shape index (κ3) is 1.23. The molecule has 1 aliphatic heterocycles. The summed E-state index contributed by atoms with van der Waals surface area (Å²) in [7, 11) is 0. The van der Waals surface area contributed by atoms with Crippen LogP contribution in [0.25, 0.3) is 0 Å². The van der Waals surface area contributed by atoms with Crippen molar-refractivity contribution in [1.82, 2.24) is 5.32 Å². The van der Waals surface area contributed by atoms with Crippen molar-refractivity contribution in [3.63, 3.8) is 0 Å². The zero-order valence-electron chi connectivity index (χ0n) is 5.22. The molecular weight excluding hydrogens is 200 g/mol. The van der Waals surface area contributed by atoms with Gasteiger partial charge >= 0.3 is 0 Å². The smallest absolute Gasteiger partial charge is 0.270 e. The van der Waals surface area contributed by atoms with Gasteiger partial charge in [0.2, 0.25) is 5.91 Å². The fourth-order valence-electron chi connectivity index (χ4n) is 0.604. The number of halogens is 1. The Labute approximate surface area is 65.8 Å². The number of amides is 2. The summed E-state index contributed by atoms with van der Waals surface area (Å²) in [6, 6.07) is 0. The van der Waals surface area contributed by atoms with E-state index in [2.05, 4.69) is 26.2 Å². The molecule has 5 heteroatoms. The average Bonchev–Trinajstić information content (AvgIpc) is 1.82. The lowest BCUT2D eigenvalue weighted by Gasteiger charge is -2.12. The van der Waals surface area contributed by atoms with Crippen molar-refractivity contribution in [3.8, 4) is 0 Å². The number of nitrogens with one attached hydrogen (secondary N) is 1. The van der Waals surface area contributed by atoms with Gasteiger partial charge in [0.1, 0.15) is 5.84 Å². The van der Waals surface area contributed by atoms with Crippen LogP contribution in [0.4, 0.5) is 0 Å². The van der Waals surface area contributed by atoms with Crippen LogP contribution in [0.2, 0.25) is 0 Å². The lowest BCUT2D eigenvalue weighted by atomic mass is 10.3. The van der Waals surface area contributed by atoms with Crippen molar-refractivity contribution < 1.29 is 9.59 Å². The number of aliphatic imine (C=N–C) groups is 1. The van der Waals surface area contributed by atoms with Gasteiger partial charge in [-0.15, -0.1) is 0 Å². The molecule has 2 amide bonds. The molecule has 0 bridgehead atoms. The van der Waals surface area contributed by atoms with Gasteiger partial charge in [0.05, 0.1) is 0 Å². The summed E-state index contributed by atoms with van der Waals surface area (Å²) in [5.74, 6) is -0.440. The number of nitrogens with zero attached hydrogens (tertiary/aromatic N) is 1. The monoisotopic (exact) mass is 204 g/mol. The fraction of sp³-hybridized carbons (Fsp3) is 0.400. The predicted molar refractivity (Wildman–Crippen MR) is 39.0 cm³/mol. The minimum absolute atomic E-state index is 0.350. The van der Waals surface area contributed by atoms with E-state index in [0.717, 1.165) is 0 Å². The average molecular weight is 205 g/mol. The molecule has 1 unspecified atom stereocenters. The van der Waals surface area contributed by atoms with Crippen LogP contribution in [-0.2, 0) is 9.59 Å². The highest BCUT2D eigenvalue weighted by molar-refractivity contribution is 9.10. The summed E-state index contributed by atoms with van der Waals surface area (Å²) in [5, 5.41) is 2.40. The molecule has 1 atom stereocenters. The number of alkyl halides is 1. The van der Waals surface area contributed by atoms with E-state index in [-0.39, 0.29) is 5.91 Å². The lowest BCUT2D eigenvalue weighted by molar-refractivity contribution is -0.126. The predicted octanol–water partition coefficient (Wildman–Crippen LogP) is -0.175. The molecule has 0 aromatic rings. The van der Waals surface area contributed by atoms with Crippen LogP contribution < -0.4 is 5.32 Å². The Morgan fingerprint density at radius 2 is 2.20 bits per heavy atom. The van der Waals surface area contributed by atoms with Crippen molar-refractivity contribution in [3.05, 3.63) is 0 Å². The zero-order chi connectivity index (χ0) is 7.72. The highest BCUT2D eigenvalue weighted by Crippen LogP contribution is 2.05. The van der Waals surface area contributed by atoms with E-state index in [4.69, 9.17) is 0 Å². The Hall–Kier alpha value is -0.710. The van der Waals surface area contributed by atoms with Crippen molar-refractivity contribution in [2.75, 3.05) is 0 Å². The molecule has 1 heterocycles. The number of hydrogen-bond donors (Lipinski definition) is 1. The second-order valence-corrected chi connectivity index (χ2v) is 2.80. The Kier molecular flexibility index (Phi) is 1.85. The van der Waals surface area contributed by atoms with Crippen molar-refractivity contribution in [1.29, 1.82) is 0 Å². The third-order valence-electron chi connectivity index (χ3n) is 1.03. The van der Waals surface area contributed by atoms with Crippen LogP contribution in [0.5, 0.6) is 0 Å². The van der Waals surface area contributed by atoms with E-state index in [1.165, 1.54) is 0 Å². The highest BCUT2D eigenvalue weighted by Gasteiger charge is 2.27. The summed E-state index contributed by atoms with van der Waals surface area (Å²) in [6.07, 6.45) is 0. The van der Waals surface area contributed by atoms with E-state index in [0.29, 0.717) is 5.84 Å². The van der Waals surface area contributed by atoms with Gasteiger partial charge in [-0.2, -0.15) is 4.99 Å². The van der Waals surface area contributed by atoms with E-state index in [1.807, 2.05) is 0 Å². The van der Waals surface area contributed by atoms with E-state index >= 15 is 0 Å². The number of rotatable bonds is 0. The molecule has 1 rings (SSSR count). The normalized spacial score (nSPS) is 25.8. The standard InChI is InChI=1S/C5H5BrN2O2/c1-2-7-4(9)3(6)5(10)8-2/h3H,1H3,(H,7,8,9,10). The van der Waals surface area contributed by atoms with Gasteiger partial charge in [-0.1, -0.05) is 15.9 Å². The Morgan fingerprint density at radius 3 is 2.70 bits per heavy atom. The third-order valence-corrected chi connectivity index (χ3v) is 1.84. The van der Waals surface area contributed by atoms with E-state index < -0.39 is 10.7 Å². The Balaban J connectivity index is 2.89. The number of carbonyl (C=O) groups is 2.